The second-order valence-electron chi connectivity index (χ2n) is 6.82. The molecule has 2 aromatic rings. The van der Waals surface area contributed by atoms with Gasteiger partial charge in [-0.05, 0) is 24.6 Å². The number of nitrogens with one attached hydrogen (secondary N) is 2. The lowest BCUT2D eigenvalue weighted by Crippen LogP contribution is -2.43. The van der Waals surface area contributed by atoms with Crippen molar-refractivity contribution in [3.63, 3.8) is 0 Å². The molecule has 1 aliphatic heterocycles. The van der Waals surface area contributed by atoms with Crippen LogP contribution in [-0.4, -0.2) is 52.7 Å². The van der Waals surface area contributed by atoms with Crippen molar-refractivity contribution in [3.05, 3.63) is 47.8 Å². The molecule has 2 atom stereocenters. The van der Waals surface area contributed by atoms with Gasteiger partial charge in [-0.2, -0.15) is 5.10 Å². The van der Waals surface area contributed by atoms with Crippen LogP contribution in [0.1, 0.15) is 18.4 Å². The van der Waals surface area contributed by atoms with Crippen molar-refractivity contribution in [2.75, 3.05) is 31.5 Å². The van der Waals surface area contributed by atoms with E-state index in [9.17, 15) is 18.4 Å². The van der Waals surface area contributed by atoms with E-state index in [2.05, 4.69) is 15.7 Å². The van der Waals surface area contributed by atoms with Crippen LogP contribution in [0.3, 0.4) is 0 Å². The standard InChI is InChI=1S/C19H23F2N5O2/c1-3-26(11-17(27)24-18-15(20)5-4-6-16(18)21)19(28)14-9-22-8-13(14)12-7-23-25(2)10-12/h4-7,10,13-14,22H,3,8-9,11H2,1-2H3,(H,24,27)/t13-,14+/m1/s1. The number of aromatic nitrogens is 2. The Labute approximate surface area is 161 Å². The molecule has 0 aliphatic carbocycles. The minimum absolute atomic E-state index is 0.0395. The van der Waals surface area contributed by atoms with Gasteiger partial charge in [-0.15, -0.1) is 0 Å². The first-order valence-electron chi connectivity index (χ1n) is 9.12. The van der Waals surface area contributed by atoms with Gasteiger partial charge in [0.05, 0.1) is 18.7 Å². The SMILES string of the molecule is CCN(CC(=O)Nc1c(F)cccc1F)C(=O)[C@H]1CNC[C@@H]1c1cnn(C)c1. The minimum atomic E-state index is -0.862. The Morgan fingerprint density at radius 1 is 1.32 bits per heavy atom. The number of hydrogen-bond donors (Lipinski definition) is 2. The van der Waals surface area contributed by atoms with Gasteiger partial charge < -0.3 is 15.5 Å². The molecule has 2 N–H and O–H groups in total. The number of hydrogen-bond acceptors (Lipinski definition) is 4. The molecule has 7 nitrogen and oxygen atoms in total. The van der Waals surface area contributed by atoms with Crippen LogP contribution < -0.4 is 10.6 Å². The van der Waals surface area contributed by atoms with Crippen molar-refractivity contribution in [1.29, 1.82) is 0 Å². The quantitative estimate of drug-likeness (QED) is 0.782. The highest BCUT2D eigenvalue weighted by atomic mass is 19.1. The first-order valence-corrected chi connectivity index (χ1v) is 9.12. The van der Waals surface area contributed by atoms with Crippen molar-refractivity contribution < 1.29 is 18.4 Å². The van der Waals surface area contributed by atoms with E-state index >= 15 is 0 Å². The summed E-state index contributed by atoms with van der Waals surface area (Å²) in [7, 11) is 1.81. The van der Waals surface area contributed by atoms with Gasteiger partial charge in [0.1, 0.15) is 17.3 Å². The average Bonchev–Trinajstić information content (AvgIpc) is 3.31. The van der Waals surface area contributed by atoms with Crippen LogP contribution in [0, 0.1) is 17.6 Å². The molecule has 0 saturated carbocycles. The van der Waals surface area contributed by atoms with Crippen LogP contribution in [0.15, 0.2) is 30.6 Å². The molecule has 1 aromatic carbocycles. The predicted octanol–water partition coefficient (Wildman–Crippen LogP) is 1.49. The van der Waals surface area contributed by atoms with Gasteiger partial charge in [-0.3, -0.25) is 14.3 Å². The summed E-state index contributed by atoms with van der Waals surface area (Å²) < 4.78 is 29.1. The normalized spacial score (nSPS) is 18.9. The zero-order valence-corrected chi connectivity index (χ0v) is 15.8. The van der Waals surface area contributed by atoms with Gasteiger partial charge in [0, 0.05) is 38.8 Å². The fourth-order valence-electron chi connectivity index (χ4n) is 3.47. The van der Waals surface area contributed by atoms with Gasteiger partial charge in [0.2, 0.25) is 11.8 Å². The Balaban J connectivity index is 1.68. The van der Waals surface area contributed by atoms with Gasteiger partial charge >= 0.3 is 0 Å². The number of rotatable bonds is 6. The van der Waals surface area contributed by atoms with Crippen LogP contribution in [0.5, 0.6) is 0 Å². The zero-order chi connectivity index (χ0) is 20.3. The van der Waals surface area contributed by atoms with Crippen LogP contribution in [0.4, 0.5) is 14.5 Å². The third kappa shape index (κ3) is 4.19. The van der Waals surface area contributed by atoms with E-state index in [0.29, 0.717) is 19.6 Å². The summed E-state index contributed by atoms with van der Waals surface area (Å²) in [6.45, 7) is 2.93. The number of halogens is 2. The molecule has 0 unspecified atom stereocenters. The molecule has 3 rings (SSSR count). The van der Waals surface area contributed by atoms with E-state index in [4.69, 9.17) is 0 Å². The number of amides is 2. The first kappa shape index (κ1) is 19.9. The monoisotopic (exact) mass is 391 g/mol. The van der Waals surface area contributed by atoms with E-state index in [1.807, 2.05) is 13.2 Å². The second kappa shape index (κ2) is 8.47. The fraction of sp³-hybridized carbons (Fsp3) is 0.421. The van der Waals surface area contributed by atoms with Crippen molar-refractivity contribution in [2.45, 2.75) is 12.8 Å². The summed E-state index contributed by atoms with van der Waals surface area (Å²) in [5.74, 6) is -2.92. The molecular formula is C19H23F2N5O2. The molecule has 1 aliphatic rings. The number of benzene rings is 1. The Morgan fingerprint density at radius 3 is 2.64 bits per heavy atom. The number of aryl methyl sites for hydroxylation is 1. The summed E-state index contributed by atoms with van der Waals surface area (Å²) in [6.07, 6.45) is 3.61. The average molecular weight is 391 g/mol. The zero-order valence-electron chi connectivity index (χ0n) is 15.8. The van der Waals surface area contributed by atoms with E-state index in [0.717, 1.165) is 17.7 Å². The Bertz CT molecular complexity index is 850. The third-order valence-electron chi connectivity index (χ3n) is 4.94. The van der Waals surface area contributed by atoms with Crippen molar-refractivity contribution in [1.82, 2.24) is 20.0 Å². The van der Waals surface area contributed by atoms with E-state index < -0.39 is 23.2 Å². The van der Waals surface area contributed by atoms with Gasteiger partial charge in [0.25, 0.3) is 0 Å². The largest absolute Gasteiger partial charge is 0.333 e. The lowest BCUT2D eigenvalue weighted by Gasteiger charge is -2.26. The van der Waals surface area contributed by atoms with E-state index in [1.54, 1.807) is 17.8 Å². The highest BCUT2D eigenvalue weighted by Gasteiger charge is 2.37. The number of likely N-dealkylation sites (N-methyl/N-ethyl adjacent to an activating group) is 1. The maximum atomic E-state index is 13.7. The van der Waals surface area contributed by atoms with Crippen molar-refractivity contribution in [2.24, 2.45) is 13.0 Å². The summed E-state index contributed by atoms with van der Waals surface area (Å²) in [6, 6.07) is 3.34. The van der Waals surface area contributed by atoms with Crippen LogP contribution in [0.25, 0.3) is 0 Å². The molecule has 9 heteroatoms. The maximum absolute atomic E-state index is 13.7. The molecular weight excluding hydrogens is 368 g/mol. The van der Waals surface area contributed by atoms with E-state index in [-0.39, 0.29) is 24.3 Å². The highest BCUT2D eigenvalue weighted by Crippen LogP contribution is 2.29. The van der Waals surface area contributed by atoms with Crippen LogP contribution >= 0.6 is 0 Å². The van der Waals surface area contributed by atoms with Gasteiger partial charge in [0.15, 0.2) is 0 Å². The molecule has 1 saturated heterocycles. The molecule has 2 heterocycles. The lowest BCUT2D eigenvalue weighted by molar-refractivity contribution is -0.138. The Hall–Kier alpha value is -2.81. The lowest BCUT2D eigenvalue weighted by atomic mass is 9.90. The summed E-state index contributed by atoms with van der Waals surface area (Å²) in [4.78, 5) is 26.7. The topological polar surface area (TPSA) is 79.3 Å². The first-order chi connectivity index (χ1) is 13.4. The third-order valence-corrected chi connectivity index (χ3v) is 4.94. The van der Waals surface area contributed by atoms with E-state index in [1.165, 1.54) is 11.0 Å². The molecule has 0 radical (unpaired) electrons. The van der Waals surface area contributed by atoms with Gasteiger partial charge in [-0.1, -0.05) is 6.07 Å². The number of nitrogens with zero attached hydrogens (tertiary/aromatic N) is 3. The number of anilines is 1. The van der Waals surface area contributed by atoms with Gasteiger partial charge in [-0.25, -0.2) is 8.78 Å². The smallest absolute Gasteiger partial charge is 0.244 e. The molecule has 2 amide bonds. The van der Waals surface area contributed by atoms with Crippen molar-refractivity contribution in [3.8, 4) is 0 Å². The summed E-state index contributed by atoms with van der Waals surface area (Å²) >= 11 is 0. The Morgan fingerprint density at radius 2 is 2.04 bits per heavy atom. The molecule has 28 heavy (non-hydrogen) atoms. The summed E-state index contributed by atoms with van der Waals surface area (Å²) in [5, 5.41) is 9.60. The predicted molar refractivity (Wildman–Crippen MR) is 99.6 cm³/mol. The minimum Gasteiger partial charge on any atom is -0.333 e. The summed E-state index contributed by atoms with van der Waals surface area (Å²) in [5.41, 5.74) is 0.451. The highest BCUT2D eigenvalue weighted by molar-refractivity contribution is 5.95. The molecule has 1 aromatic heterocycles. The van der Waals surface area contributed by atoms with Crippen molar-refractivity contribution >= 4 is 17.5 Å². The number of para-hydroxylation sites is 1. The van der Waals surface area contributed by atoms with Crippen LogP contribution in [-0.2, 0) is 16.6 Å². The molecule has 0 bridgehead atoms. The Kier molecular flexibility index (Phi) is 6.03. The molecule has 0 spiro atoms. The molecule has 150 valence electrons. The number of carbonyl (C=O) groups excluding carboxylic acids is 2. The molecule has 1 fully saturated rings. The maximum Gasteiger partial charge on any atom is 0.244 e. The fourth-order valence-corrected chi connectivity index (χ4v) is 3.47. The second-order valence-corrected chi connectivity index (χ2v) is 6.82. The number of carbonyl (C=O) groups is 2. The van der Waals surface area contributed by atoms with Crippen LogP contribution in [0.2, 0.25) is 0 Å².